The molecule has 84 heavy (non-hydrogen) atoms. The van der Waals surface area contributed by atoms with Crippen molar-refractivity contribution in [2.45, 2.75) is 56.1 Å². The van der Waals surface area contributed by atoms with E-state index >= 15 is 0 Å². The molecule has 2 aliphatic heterocycles. The molecule has 428 valence electrons. The number of nitrogens with zero attached hydrogens (tertiary/aromatic N) is 4. The van der Waals surface area contributed by atoms with Crippen molar-refractivity contribution in [2.24, 2.45) is 5.73 Å². The number of hydrogen-bond acceptors (Lipinski definition) is 10. The number of ether oxygens (including phenoxy) is 1. The lowest BCUT2D eigenvalue weighted by Gasteiger charge is -2.35. The highest BCUT2D eigenvalue weighted by Crippen LogP contribution is 2.35. The van der Waals surface area contributed by atoms with Gasteiger partial charge in [0.25, 0.3) is 20.1 Å². The third-order valence-corrected chi connectivity index (χ3v) is 14.7. The second-order valence-corrected chi connectivity index (χ2v) is 25.6. The second kappa shape index (κ2) is 29.7. The van der Waals surface area contributed by atoms with Gasteiger partial charge in [0.2, 0.25) is 0 Å². The van der Waals surface area contributed by atoms with Gasteiger partial charge in [0, 0.05) is 116 Å². The number of nitrogens with one attached hydrogen (secondary N) is 3. The Balaban J connectivity index is 0.000000173. The molecule has 8 aromatic carbocycles. The van der Waals surface area contributed by atoms with E-state index in [0.29, 0.717) is 29.5 Å². The van der Waals surface area contributed by atoms with Crippen molar-refractivity contribution in [3.8, 4) is 0 Å². The zero-order valence-electron chi connectivity index (χ0n) is 49.3. The number of rotatable bonds is 13. The Morgan fingerprint density at radius 2 is 0.976 bits per heavy atom. The molecule has 2 atom stereocenters. The van der Waals surface area contributed by atoms with E-state index < -0.39 is 0 Å². The number of hydrogen-bond donors (Lipinski definition) is 4. The molecule has 5 N–H and O–H groups in total. The molecule has 2 aromatic heterocycles. The fourth-order valence-electron chi connectivity index (χ4n) is 11.0. The summed E-state index contributed by atoms with van der Waals surface area (Å²) in [5.41, 5.74) is 22.7. The average molecular weight is 1130 g/mol. The number of carbonyl (C=O) groups excluding carboxylic acids is 2. The summed E-state index contributed by atoms with van der Waals surface area (Å²) in [6.45, 7) is 11.0. The maximum Gasteiger partial charge on any atom is 0.337 e. The fraction of sp³-hybridized carbons (Fsp3) is 0.222. The topological polar surface area (TPSA) is 138 Å². The van der Waals surface area contributed by atoms with Gasteiger partial charge < -0.3 is 26.4 Å². The van der Waals surface area contributed by atoms with Crippen LogP contribution in [0, 0.1) is 13.8 Å². The maximum atomic E-state index is 13.1. The number of carbonyl (C=O) groups is 2. The monoisotopic (exact) mass is 1130 g/mol. The summed E-state index contributed by atoms with van der Waals surface area (Å²) in [4.78, 5) is 38.7. The van der Waals surface area contributed by atoms with Gasteiger partial charge in [-0.3, -0.25) is 24.6 Å². The predicted octanol–water partition coefficient (Wildman–Crippen LogP) is 14.9. The molecule has 2 aliphatic rings. The molecule has 11 nitrogen and oxygen atoms in total. The van der Waals surface area contributed by atoms with E-state index in [0.717, 1.165) is 102 Å². The van der Waals surface area contributed by atoms with E-state index in [9.17, 15) is 9.59 Å². The van der Waals surface area contributed by atoms with Crippen LogP contribution in [-0.2, 0) is 17.8 Å². The number of nitrogens with two attached hydrogens (primary N) is 1. The number of aromatic nitrogens is 2. The van der Waals surface area contributed by atoms with E-state index in [1.807, 2.05) is 105 Å². The molecule has 0 radical (unpaired) electrons. The first-order valence-electron chi connectivity index (χ1n) is 29.2. The number of fused-ring (bicyclic) bond motifs is 4. The third kappa shape index (κ3) is 16.2. The van der Waals surface area contributed by atoms with Crippen LogP contribution in [0.25, 0.3) is 21.8 Å². The lowest BCUT2D eigenvalue weighted by Crippen LogP contribution is -2.39. The van der Waals surface area contributed by atoms with Crippen LogP contribution >= 0.6 is 0 Å². The van der Waals surface area contributed by atoms with Crippen molar-refractivity contribution in [2.75, 3.05) is 57.0 Å². The first-order valence-corrected chi connectivity index (χ1v) is 32.6. The van der Waals surface area contributed by atoms with Crippen LogP contribution in [0.5, 0.6) is 0 Å². The van der Waals surface area contributed by atoms with Crippen LogP contribution in [0.15, 0.2) is 218 Å². The van der Waals surface area contributed by atoms with Gasteiger partial charge in [-0.2, -0.15) is 0 Å². The molecule has 10 aromatic rings. The van der Waals surface area contributed by atoms with Gasteiger partial charge in [0.1, 0.15) is 0 Å². The molecular weight excluding hydrogens is 1050 g/mol. The van der Waals surface area contributed by atoms with Crippen LogP contribution in [0.2, 0.25) is 17.4 Å². The van der Waals surface area contributed by atoms with Crippen molar-refractivity contribution >= 4 is 70.6 Å². The second-order valence-electron chi connectivity index (χ2n) is 22.1. The average Bonchev–Trinajstić information content (AvgIpc) is 3.12. The minimum Gasteiger partial charge on any atom is -0.465 e. The molecule has 0 saturated heterocycles. The van der Waals surface area contributed by atoms with Gasteiger partial charge in [0.15, 0.2) is 0 Å². The Morgan fingerprint density at radius 3 is 1.46 bits per heavy atom. The standard InChI is InChI=1S/C34H32N4O.C18H16N2O2.C17H20N2.3CH3.Al.H2/c1-24-20-33(30-16-7-8-17-32(30)36-24)37-28-14-9-13-26(21-28)34(39)35-18-19-38-22-27-12-5-6-15-29(27)31(23-38)25-10-3-2-4-11-25;1-12-10-17(15-8-3-4-9-16(15)19-12)20-14-7-5-6-13(11-14)18(21)22-2;18-10-11-19-12-15-8-4-5-9-16(15)17(13-19)14-6-2-1-3-7-14;;;;;/h2-17,20-21,31H,18-19,22-23H2,1H3,(H,35,39)(H,36,37);3-11H,1-2H3,(H,19,20);1-9,17H,10-13,18H2;3*1H3;;1H/i;;;;;;;1+1. The van der Waals surface area contributed by atoms with E-state index in [4.69, 9.17) is 10.5 Å². The van der Waals surface area contributed by atoms with E-state index in [1.165, 1.54) is 40.5 Å². The van der Waals surface area contributed by atoms with E-state index in [2.05, 4.69) is 168 Å². The molecule has 4 heterocycles. The van der Waals surface area contributed by atoms with Gasteiger partial charge in [-0.05, 0) is 108 Å². The number of para-hydroxylation sites is 2. The Morgan fingerprint density at radius 1 is 0.548 bits per heavy atom. The summed E-state index contributed by atoms with van der Waals surface area (Å²) in [5, 5.41) is 12.1. The molecule has 0 saturated carbocycles. The van der Waals surface area contributed by atoms with E-state index in [1.54, 1.807) is 12.1 Å². The molecule has 0 fully saturated rings. The summed E-state index contributed by atoms with van der Waals surface area (Å²) in [6.07, 6.45) is 0. The maximum absolute atomic E-state index is 13.1. The Bertz CT molecular complexity index is 3790. The van der Waals surface area contributed by atoms with Gasteiger partial charge in [0.05, 0.1) is 23.7 Å². The zero-order chi connectivity index (χ0) is 58.8. The molecule has 0 spiro atoms. The highest BCUT2D eigenvalue weighted by Gasteiger charge is 2.27. The number of pyridine rings is 2. The summed E-state index contributed by atoms with van der Waals surface area (Å²) < 4.78 is 4.75. The van der Waals surface area contributed by atoms with Crippen molar-refractivity contribution in [3.05, 3.63) is 274 Å². The van der Waals surface area contributed by atoms with Crippen LogP contribution in [0.1, 0.15) is 78.7 Å². The minimum atomic E-state index is -0.348. The Kier molecular flexibility index (Phi) is 21.2. The quantitative estimate of drug-likeness (QED) is 0.0652. The van der Waals surface area contributed by atoms with E-state index in [-0.39, 0.29) is 27.5 Å². The fourth-order valence-corrected chi connectivity index (χ4v) is 11.0. The summed E-state index contributed by atoms with van der Waals surface area (Å²) in [7, 11) is 1.38. The number of methoxy groups -OCH3 is 1. The summed E-state index contributed by atoms with van der Waals surface area (Å²) in [6, 6.07) is 74.0. The zero-order valence-corrected chi connectivity index (χ0v) is 50.4. The largest absolute Gasteiger partial charge is 0.465 e. The van der Waals surface area contributed by atoms with Gasteiger partial charge in [-0.15, -0.1) is 17.4 Å². The van der Waals surface area contributed by atoms with Gasteiger partial charge in [-0.1, -0.05) is 158 Å². The number of esters is 1. The summed E-state index contributed by atoms with van der Waals surface area (Å²) >= 11 is -0.139. The van der Waals surface area contributed by atoms with Crippen molar-refractivity contribution in [1.29, 1.82) is 0 Å². The SMILES string of the molecule is COC(=O)c1cccc(Nc2cc(C)nc3ccccc23)c1.Cc1cc(Nc2cccc(C(=O)NCCN3Cc4ccccc4C(c4ccccc4)C3)c2)c2ccccc2n1.NCCN1Cc2ccccc2C(c2ccccc2)C1.[2HH].[CH3][Al]([CH3])[CH3]. The highest BCUT2D eigenvalue weighted by molar-refractivity contribution is 6.54. The number of benzene rings is 8. The van der Waals surface area contributed by atoms with Crippen LogP contribution in [0.4, 0.5) is 22.7 Å². The molecule has 1 amide bonds. The number of aryl methyl sites for hydroxylation is 2. The van der Waals surface area contributed by atoms with Crippen molar-refractivity contribution < 1.29 is 15.8 Å². The van der Waals surface area contributed by atoms with Crippen LogP contribution in [-0.4, -0.2) is 92.2 Å². The van der Waals surface area contributed by atoms with Crippen molar-refractivity contribution in [1.82, 2.24) is 25.1 Å². The van der Waals surface area contributed by atoms with Gasteiger partial charge >= 0.3 is 5.97 Å². The Labute approximate surface area is 501 Å². The lowest BCUT2D eigenvalue weighted by molar-refractivity contribution is 0.0600. The molecule has 0 aliphatic carbocycles. The van der Waals surface area contributed by atoms with Crippen LogP contribution < -0.4 is 21.7 Å². The van der Waals surface area contributed by atoms with Crippen molar-refractivity contribution in [3.63, 3.8) is 0 Å². The molecule has 2 unspecified atom stereocenters. The highest BCUT2D eigenvalue weighted by atomic mass is 27.2. The smallest absolute Gasteiger partial charge is 0.337 e. The normalized spacial score (nSPS) is 14.4. The molecule has 12 heteroatoms. The number of amides is 1. The third-order valence-electron chi connectivity index (χ3n) is 14.7. The molecule has 0 bridgehead atoms. The summed E-state index contributed by atoms with van der Waals surface area (Å²) in [5.74, 6) is 7.31. The molecule has 12 rings (SSSR count). The van der Waals surface area contributed by atoms with Gasteiger partial charge in [-0.25, -0.2) is 4.79 Å². The molecular formula is C72H79AlN8O3. The van der Waals surface area contributed by atoms with Crippen LogP contribution in [0.3, 0.4) is 0 Å². The lowest BCUT2D eigenvalue weighted by atomic mass is 9.85. The first kappa shape index (κ1) is 60.1. The predicted molar refractivity (Wildman–Crippen MR) is 351 cm³/mol. The number of anilines is 4. The first-order chi connectivity index (χ1) is 40.9. The Hall–Kier alpha value is -8.47. The minimum absolute atomic E-state index is 0.